The van der Waals surface area contributed by atoms with Crippen LogP contribution >= 0.6 is 22.9 Å². The number of carboxylic acid groups (broad SMARTS) is 1. The van der Waals surface area contributed by atoms with Gasteiger partial charge in [-0.3, -0.25) is 14.2 Å². The number of amides is 1. The molecule has 0 bridgehead atoms. The number of aliphatic carboxylic acids is 1. The topological polar surface area (TPSA) is 152 Å². The summed E-state index contributed by atoms with van der Waals surface area (Å²) in [6, 6.07) is 16.2. The first-order valence-electron chi connectivity index (χ1n) is 12.5. The molecule has 1 fully saturated rings. The van der Waals surface area contributed by atoms with Crippen LogP contribution in [-0.2, 0) is 32.7 Å². The van der Waals surface area contributed by atoms with Crippen molar-refractivity contribution in [1.82, 2.24) is 20.4 Å². The van der Waals surface area contributed by atoms with Crippen LogP contribution in [0.2, 0.25) is 4.34 Å². The Hall–Kier alpha value is -3.86. The fourth-order valence-corrected chi connectivity index (χ4v) is 6.51. The van der Waals surface area contributed by atoms with Gasteiger partial charge in [0, 0.05) is 6.54 Å². The second-order valence-corrected chi connectivity index (χ2v) is 12.8. The average molecular weight is 660 g/mol. The minimum absolute atomic E-state index is 0.000715. The maximum absolute atomic E-state index is 13.0. The maximum atomic E-state index is 13.0. The van der Waals surface area contributed by atoms with E-state index in [1.165, 1.54) is 19.2 Å². The summed E-state index contributed by atoms with van der Waals surface area (Å²) in [5, 5.41) is 18.3. The number of anilines is 1. The normalized spacial score (nSPS) is 14.8. The molecule has 0 radical (unpaired) electrons. The highest BCUT2D eigenvalue weighted by molar-refractivity contribution is 7.94. The lowest BCUT2D eigenvalue weighted by Gasteiger charge is -2.26. The van der Waals surface area contributed by atoms with Gasteiger partial charge in [0.05, 0.1) is 34.9 Å². The summed E-state index contributed by atoms with van der Waals surface area (Å²) in [5.74, 6) is -2.08. The molecule has 230 valence electrons. The average Bonchev–Trinajstić information content (AvgIpc) is 3.50. The van der Waals surface area contributed by atoms with E-state index in [0.717, 1.165) is 35.4 Å². The molecule has 4 N–H and O–H groups in total. The number of aromatic nitrogens is 2. The highest BCUT2D eigenvalue weighted by atomic mass is 35.5. The molecule has 0 spiro atoms. The summed E-state index contributed by atoms with van der Waals surface area (Å²) in [5.41, 5.74) is 2.63. The molecule has 1 amide bonds. The van der Waals surface area contributed by atoms with Crippen LogP contribution in [0.3, 0.4) is 0 Å². The summed E-state index contributed by atoms with van der Waals surface area (Å²) in [7, 11) is -2.36. The van der Waals surface area contributed by atoms with Gasteiger partial charge < -0.3 is 20.5 Å². The lowest BCUT2D eigenvalue weighted by atomic mass is 10.1. The fourth-order valence-electron chi connectivity index (χ4n) is 4.01. The third-order valence-corrected chi connectivity index (χ3v) is 9.24. The Morgan fingerprint density at radius 2 is 1.86 bits per heavy atom. The number of benzene rings is 2. The van der Waals surface area contributed by atoms with Crippen molar-refractivity contribution in [2.24, 2.45) is 0 Å². The van der Waals surface area contributed by atoms with Gasteiger partial charge in [-0.1, -0.05) is 41.9 Å². The fraction of sp³-hybridized carbons (Fsp3) is 0.269. The van der Waals surface area contributed by atoms with Crippen molar-refractivity contribution in [3.05, 3.63) is 70.1 Å². The number of carbonyl (C=O) groups excluding carboxylic acids is 1. The van der Waals surface area contributed by atoms with Crippen molar-refractivity contribution in [2.45, 2.75) is 35.9 Å². The molecule has 2 aromatic heterocycles. The number of carboxylic acids is 1. The van der Waals surface area contributed by atoms with Gasteiger partial charge in [0.15, 0.2) is 5.82 Å². The molecule has 17 heteroatoms. The van der Waals surface area contributed by atoms with Gasteiger partial charge in [0.1, 0.15) is 9.96 Å². The number of nitrogens with zero attached hydrogens (tertiary/aromatic N) is 2. The van der Waals surface area contributed by atoms with Crippen molar-refractivity contribution in [3.8, 4) is 5.75 Å². The van der Waals surface area contributed by atoms with E-state index < -0.39 is 22.2 Å². The van der Waals surface area contributed by atoms with Crippen molar-refractivity contribution < 1.29 is 41.0 Å². The first-order chi connectivity index (χ1) is 20.3. The first-order valence-corrected chi connectivity index (χ1v) is 15.2. The number of carbonyl (C=O) groups is 2. The molecule has 0 unspecified atom stereocenters. The number of hydrogen-bond acceptors (Lipinski definition) is 8. The molecule has 11 nitrogen and oxygen atoms in total. The SMILES string of the molecule is COc1cccc2c1c(NS(=O)(=O)c1ccc(Cl)s1)nn2Cc1cccc(CNC(=O)[C@H]2CCN2)c1.O=C(O)C(F)(F)F. The number of rotatable bonds is 9. The number of ether oxygens (including phenoxy) is 1. The number of nitrogens with one attached hydrogen (secondary N) is 3. The minimum atomic E-state index is -5.08. The van der Waals surface area contributed by atoms with Crippen LogP contribution in [0.15, 0.2) is 58.8 Å². The third kappa shape index (κ3) is 7.95. The predicted octanol–water partition coefficient (Wildman–Crippen LogP) is 4.22. The third-order valence-electron chi connectivity index (χ3n) is 6.18. The van der Waals surface area contributed by atoms with Crippen molar-refractivity contribution in [3.63, 3.8) is 0 Å². The molecule has 1 aliphatic rings. The molecule has 0 aliphatic carbocycles. The highest BCUT2D eigenvalue weighted by Crippen LogP contribution is 2.35. The summed E-state index contributed by atoms with van der Waals surface area (Å²) < 4.78 is 68.0. The van der Waals surface area contributed by atoms with E-state index in [1.54, 1.807) is 10.7 Å². The van der Waals surface area contributed by atoms with Gasteiger partial charge in [-0.25, -0.2) is 13.2 Å². The maximum Gasteiger partial charge on any atom is 0.490 e. The van der Waals surface area contributed by atoms with Crippen molar-refractivity contribution >= 4 is 61.6 Å². The summed E-state index contributed by atoms with van der Waals surface area (Å²) in [6.07, 6.45) is -4.23. The van der Waals surface area contributed by atoms with E-state index in [9.17, 15) is 26.4 Å². The van der Waals surface area contributed by atoms with E-state index in [2.05, 4.69) is 20.5 Å². The van der Waals surface area contributed by atoms with Crippen LogP contribution in [0, 0.1) is 0 Å². The van der Waals surface area contributed by atoms with E-state index >= 15 is 0 Å². The standard InChI is InChI=1S/C24H24ClN5O4S2.C2HF3O2/c1-34-19-7-3-6-18-22(19)23(29-36(32,33)21-9-8-20(25)35-21)28-30(18)14-16-5-2-4-15(12-16)13-27-24(31)17-10-11-26-17;3-2(4,5)1(6)7/h2-9,12,17,26H,10-11,13-14H2,1H3,(H,27,31)(H,28,29);(H,6,7)/t17-;/m1./s1. The van der Waals surface area contributed by atoms with Crippen molar-refractivity contribution in [2.75, 3.05) is 18.4 Å². The van der Waals surface area contributed by atoms with Crippen LogP contribution in [0.5, 0.6) is 5.75 Å². The number of sulfonamides is 1. The van der Waals surface area contributed by atoms with Crippen molar-refractivity contribution in [1.29, 1.82) is 0 Å². The molecule has 5 rings (SSSR count). The number of hydrogen-bond donors (Lipinski definition) is 4. The van der Waals surface area contributed by atoms with Gasteiger partial charge in [0.25, 0.3) is 10.0 Å². The highest BCUT2D eigenvalue weighted by Gasteiger charge is 2.38. The second kappa shape index (κ2) is 13.2. The smallest absolute Gasteiger partial charge is 0.490 e. The van der Waals surface area contributed by atoms with E-state index in [4.69, 9.17) is 26.2 Å². The van der Waals surface area contributed by atoms with Crippen LogP contribution in [0.4, 0.5) is 19.0 Å². The van der Waals surface area contributed by atoms with Crippen LogP contribution in [0.25, 0.3) is 10.9 Å². The van der Waals surface area contributed by atoms with Gasteiger partial charge in [0.2, 0.25) is 5.91 Å². The molecule has 1 aliphatic heterocycles. The van der Waals surface area contributed by atoms with Gasteiger partial charge in [-0.15, -0.1) is 11.3 Å². The monoisotopic (exact) mass is 659 g/mol. The molecular weight excluding hydrogens is 635 g/mol. The number of thiophene rings is 1. The Labute approximate surface area is 252 Å². The number of fused-ring (bicyclic) bond motifs is 1. The quantitative estimate of drug-likeness (QED) is 0.209. The Balaban J connectivity index is 0.000000541. The Morgan fingerprint density at radius 1 is 1.19 bits per heavy atom. The summed E-state index contributed by atoms with van der Waals surface area (Å²) >= 11 is 6.91. The zero-order chi connectivity index (χ0) is 31.4. The van der Waals surface area contributed by atoms with Gasteiger partial charge in [-0.05, 0) is 48.4 Å². The molecule has 3 heterocycles. The predicted molar refractivity (Wildman–Crippen MR) is 154 cm³/mol. The van der Waals surface area contributed by atoms with Gasteiger partial charge >= 0.3 is 12.1 Å². The van der Waals surface area contributed by atoms with Crippen LogP contribution in [0.1, 0.15) is 17.5 Å². The Kier molecular flexibility index (Phi) is 9.84. The number of methoxy groups -OCH3 is 1. The summed E-state index contributed by atoms with van der Waals surface area (Å²) in [6.45, 7) is 1.69. The molecule has 1 atom stereocenters. The Morgan fingerprint density at radius 3 is 2.44 bits per heavy atom. The minimum Gasteiger partial charge on any atom is -0.496 e. The van der Waals surface area contributed by atoms with E-state index in [0.29, 0.717) is 34.1 Å². The molecule has 2 aromatic carbocycles. The Bertz CT molecular complexity index is 1740. The second-order valence-electron chi connectivity index (χ2n) is 9.16. The molecule has 43 heavy (non-hydrogen) atoms. The first kappa shape index (κ1) is 32.1. The van der Waals surface area contributed by atoms with Crippen LogP contribution in [-0.4, -0.2) is 61.1 Å². The van der Waals surface area contributed by atoms with Gasteiger partial charge in [-0.2, -0.15) is 18.3 Å². The van der Waals surface area contributed by atoms with E-state index in [1.807, 2.05) is 36.4 Å². The number of halogens is 4. The molecular formula is C26H25ClF3N5O6S2. The van der Waals surface area contributed by atoms with Crippen LogP contribution < -0.4 is 20.1 Å². The molecule has 4 aromatic rings. The van der Waals surface area contributed by atoms with E-state index in [-0.39, 0.29) is 22.0 Å². The zero-order valence-electron chi connectivity index (χ0n) is 22.3. The number of alkyl halides is 3. The largest absolute Gasteiger partial charge is 0.496 e. The molecule has 1 saturated heterocycles. The zero-order valence-corrected chi connectivity index (χ0v) is 24.7. The lowest BCUT2D eigenvalue weighted by Crippen LogP contribution is -2.52. The summed E-state index contributed by atoms with van der Waals surface area (Å²) in [4.78, 5) is 21.0. The molecule has 0 saturated carbocycles. The lowest BCUT2D eigenvalue weighted by molar-refractivity contribution is -0.192.